The topological polar surface area (TPSA) is 30.7 Å². The zero-order valence-corrected chi connectivity index (χ0v) is 9.62. The molecule has 0 radical (unpaired) electrons. The fourth-order valence-electron chi connectivity index (χ4n) is 1.46. The molecule has 72 valence electrons. The lowest BCUT2D eigenvalue weighted by Crippen LogP contribution is -1.93. The molecule has 0 aliphatic rings. The molecule has 0 atom stereocenters. The summed E-state index contributed by atoms with van der Waals surface area (Å²) in [5.74, 6) is 0. The fraction of sp³-hybridized carbons (Fsp3) is 0.200. The second-order valence-corrected chi connectivity index (χ2v) is 3.90. The standard InChI is InChI=1S/C10H10BrN3/c1-7-9(11)10(14(2)13-7)8-3-5-12-6-4-8/h3-6H,1-2H3. The maximum absolute atomic E-state index is 4.34. The van der Waals surface area contributed by atoms with E-state index in [1.54, 1.807) is 12.4 Å². The molecule has 0 fully saturated rings. The number of aryl methyl sites for hydroxylation is 2. The predicted molar refractivity (Wildman–Crippen MR) is 58.9 cm³/mol. The van der Waals surface area contributed by atoms with E-state index in [-0.39, 0.29) is 0 Å². The average molecular weight is 252 g/mol. The Morgan fingerprint density at radius 2 is 1.93 bits per heavy atom. The van der Waals surface area contributed by atoms with Gasteiger partial charge in [-0.3, -0.25) is 9.67 Å². The van der Waals surface area contributed by atoms with Crippen molar-refractivity contribution >= 4 is 15.9 Å². The van der Waals surface area contributed by atoms with Crippen molar-refractivity contribution in [3.8, 4) is 11.3 Å². The molecule has 0 amide bonds. The Bertz CT molecular complexity index is 448. The Morgan fingerprint density at radius 1 is 1.29 bits per heavy atom. The highest BCUT2D eigenvalue weighted by Crippen LogP contribution is 2.29. The largest absolute Gasteiger partial charge is 0.266 e. The minimum Gasteiger partial charge on any atom is -0.266 e. The molecule has 0 unspecified atom stereocenters. The molecule has 4 heteroatoms. The molecule has 2 heterocycles. The van der Waals surface area contributed by atoms with E-state index in [1.165, 1.54) is 0 Å². The summed E-state index contributed by atoms with van der Waals surface area (Å²) in [6, 6.07) is 3.95. The van der Waals surface area contributed by atoms with Gasteiger partial charge in [-0.15, -0.1) is 0 Å². The van der Waals surface area contributed by atoms with Gasteiger partial charge in [0.2, 0.25) is 0 Å². The summed E-state index contributed by atoms with van der Waals surface area (Å²) in [6.07, 6.45) is 3.56. The number of rotatable bonds is 1. The molecular formula is C10H10BrN3. The highest BCUT2D eigenvalue weighted by atomic mass is 79.9. The number of nitrogens with zero attached hydrogens (tertiary/aromatic N) is 3. The minimum atomic E-state index is 0.999. The number of hydrogen-bond donors (Lipinski definition) is 0. The van der Waals surface area contributed by atoms with Gasteiger partial charge in [0.15, 0.2) is 0 Å². The molecule has 0 spiro atoms. The van der Waals surface area contributed by atoms with Crippen molar-refractivity contribution < 1.29 is 0 Å². The lowest BCUT2D eigenvalue weighted by atomic mass is 10.2. The summed E-state index contributed by atoms with van der Waals surface area (Å²) < 4.78 is 2.92. The molecule has 0 aliphatic carbocycles. The maximum Gasteiger partial charge on any atom is 0.0825 e. The molecule has 0 aliphatic heterocycles. The van der Waals surface area contributed by atoms with E-state index in [1.807, 2.05) is 30.8 Å². The normalized spacial score (nSPS) is 10.5. The van der Waals surface area contributed by atoms with Gasteiger partial charge in [-0.25, -0.2) is 0 Å². The lowest BCUT2D eigenvalue weighted by molar-refractivity contribution is 0.764. The molecule has 0 saturated heterocycles. The van der Waals surface area contributed by atoms with Crippen molar-refractivity contribution in [3.05, 3.63) is 34.7 Å². The number of hydrogen-bond acceptors (Lipinski definition) is 2. The van der Waals surface area contributed by atoms with Gasteiger partial charge in [-0.2, -0.15) is 5.10 Å². The van der Waals surface area contributed by atoms with E-state index in [2.05, 4.69) is 26.0 Å². The average Bonchev–Trinajstić information content (AvgIpc) is 2.43. The molecule has 0 N–H and O–H groups in total. The van der Waals surface area contributed by atoms with Gasteiger partial charge >= 0.3 is 0 Å². The minimum absolute atomic E-state index is 0.999. The second kappa shape index (κ2) is 3.53. The van der Waals surface area contributed by atoms with Crippen LogP contribution in [-0.4, -0.2) is 14.8 Å². The van der Waals surface area contributed by atoms with E-state index in [0.29, 0.717) is 0 Å². The molecular weight excluding hydrogens is 242 g/mol. The van der Waals surface area contributed by atoms with Crippen LogP contribution in [0.25, 0.3) is 11.3 Å². The quantitative estimate of drug-likeness (QED) is 0.780. The number of aromatic nitrogens is 3. The highest BCUT2D eigenvalue weighted by Gasteiger charge is 2.11. The van der Waals surface area contributed by atoms with Crippen molar-refractivity contribution in [2.75, 3.05) is 0 Å². The Labute approximate surface area is 90.9 Å². The maximum atomic E-state index is 4.34. The van der Waals surface area contributed by atoms with Gasteiger partial charge < -0.3 is 0 Å². The Balaban J connectivity index is 2.62. The van der Waals surface area contributed by atoms with Crippen molar-refractivity contribution in [2.24, 2.45) is 7.05 Å². The van der Waals surface area contributed by atoms with Crippen LogP contribution in [0.3, 0.4) is 0 Å². The van der Waals surface area contributed by atoms with Gasteiger partial charge in [0.05, 0.1) is 15.9 Å². The first-order valence-electron chi connectivity index (χ1n) is 4.29. The van der Waals surface area contributed by atoms with E-state index in [4.69, 9.17) is 0 Å². The van der Waals surface area contributed by atoms with Crippen LogP contribution >= 0.6 is 15.9 Å². The zero-order chi connectivity index (χ0) is 10.1. The van der Waals surface area contributed by atoms with Crippen LogP contribution in [0.1, 0.15) is 5.69 Å². The molecule has 0 saturated carbocycles. The molecule has 2 aromatic rings. The summed E-state index contributed by atoms with van der Waals surface area (Å²) in [5.41, 5.74) is 3.21. The van der Waals surface area contributed by atoms with Crippen LogP contribution in [-0.2, 0) is 7.05 Å². The fourth-order valence-corrected chi connectivity index (χ4v) is 2.02. The summed E-state index contributed by atoms with van der Waals surface area (Å²) in [6.45, 7) is 1.98. The third-order valence-electron chi connectivity index (χ3n) is 2.10. The van der Waals surface area contributed by atoms with E-state index >= 15 is 0 Å². The van der Waals surface area contributed by atoms with Crippen LogP contribution in [0.4, 0.5) is 0 Å². The smallest absolute Gasteiger partial charge is 0.0825 e. The molecule has 2 aromatic heterocycles. The van der Waals surface area contributed by atoms with Crippen LogP contribution in [0, 0.1) is 6.92 Å². The third-order valence-corrected chi connectivity index (χ3v) is 3.05. The first-order chi connectivity index (χ1) is 6.70. The molecule has 2 rings (SSSR count). The monoisotopic (exact) mass is 251 g/mol. The van der Waals surface area contributed by atoms with Crippen molar-refractivity contribution in [3.63, 3.8) is 0 Å². The highest BCUT2D eigenvalue weighted by molar-refractivity contribution is 9.10. The zero-order valence-electron chi connectivity index (χ0n) is 8.03. The van der Waals surface area contributed by atoms with Gasteiger partial charge in [-0.05, 0) is 35.0 Å². The van der Waals surface area contributed by atoms with Crippen LogP contribution in [0.5, 0.6) is 0 Å². The molecule has 3 nitrogen and oxygen atoms in total. The van der Waals surface area contributed by atoms with Gasteiger partial charge in [0, 0.05) is 25.0 Å². The predicted octanol–water partition coefficient (Wildman–Crippen LogP) is 2.55. The van der Waals surface area contributed by atoms with Crippen LogP contribution in [0.15, 0.2) is 29.0 Å². The Hall–Kier alpha value is -1.16. The summed E-state index contributed by atoms with van der Waals surface area (Å²) in [7, 11) is 1.94. The lowest BCUT2D eigenvalue weighted by Gasteiger charge is -2.01. The van der Waals surface area contributed by atoms with E-state index in [0.717, 1.165) is 21.4 Å². The first kappa shape index (κ1) is 9.40. The van der Waals surface area contributed by atoms with E-state index < -0.39 is 0 Å². The number of halogens is 1. The van der Waals surface area contributed by atoms with Crippen LogP contribution in [0.2, 0.25) is 0 Å². The first-order valence-corrected chi connectivity index (χ1v) is 5.09. The Kier molecular flexibility index (Phi) is 2.37. The van der Waals surface area contributed by atoms with Gasteiger partial charge in [0.1, 0.15) is 0 Å². The molecule has 0 aromatic carbocycles. The van der Waals surface area contributed by atoms with Crippen molar-refractivity contribution in [1.82, 2.24) is 14.8 Å². The number of pyridine rings is 1. The van der Waals surface area contributed by atoms with Crippen molar-refractivity contribution in [1.29, 1.82) is 0 Å². The third kappa shape index (κ3) is 1.46. The van der Waals surface area contributed by atoms with Crippen LogP contribution < -0.4 is 0 Å². The van der Waals surface area contributed by atoms with Gasteiger partial charge in [0.25, 0.3) is 0 Å². The van der Waals surface area contributed by atoms with Gasteiger partial charge in [-0.1, -0.05) is 0 Å². The summed E-state index contributed by atoms with van der Waals surface area (Å²) in [4.78, 5) is 3.99. The SMILES string of the molecule is Cc1nn(C)c(-c2ccncc2)c1Br. The van der Waals surface area contributed by atoms with Crippen molar-refractivity contribution in [2.45, 2.75) is 6.92 Å². The second-order valence-electron chi connectivity index (χ2n) is 3.11. The summed E-state index contributed by atoms with van der Waals surface area (Å²) in [5, 5.41) is 4.34. The molecule has 14 heavy (non-hydrogen) atoms. The van der Waals surface area contributed by atoms with E-state index in [9.17, 15) is 0 Å². The molecule has 0 bridgehead atoms. The summed E-state index contributed by atoms with van der Waals surface area (Å²) >= 11 is 3.53. The Morgan fingerprint density at radius 3 is 2.43 bits per heavy atom.